The van der Waals surface area contributed by atoms with E-state index in [9.17, 15) is 18.8 Å². The molecule has 0 bridgehead atoms. The molecule has 2 aliphatic heterocycles. The zero-order chi connectivity index (χ0) is 23.4. The van der Waals surface area contributed by atoms with Gasteiger partial charge in [-0.3, -0.25) is 14.9 Å². The fourth-order valence-corrected chi connectivity index (χ4v) is 4.55. The number of benzene rings is 2. The first-order valence-electron chi connectivity index (χ1n) is 10.5. The Morgan fingerprint density at radius 1 is 1.16 bits per heavy atom. The van der Waals surface area contributed by atoms with Crippen molar-refractivity contribution < 1.29 is 18.8 Å². The fraction of sp³-hybridized carbons (Fsp3) is 0.320. The first-order valence-corrected chi connectivity index (χ1v) is 10.5. The van der Waals surface area contributed by atoms with Crippen molar-refractivity contribution in [2.45, 2.75) is 45.6 Å². The van der Waals surface area contributed by atoms with Crippen LogP contribution in [-0.4, -0.2) is 30.4 Å². The Hall–Kier alpha value is -3.48. The van der Waals surface area contributed by atoms with E-state index in [4.69, 9.17) is 0 Å². The van der Waals surface area contributed by atoms with Crippen molar-refractivity contribution in [1.29, 1.82) is 0 Å². The maximum absolute atomic E-state index is 13.7. The summed E-state index contributed by atoms with van der Waals surface area (Å²) in [5.74, 6) is -1.84. The standard InChI is InChI=1S/C25H26FN3O3/c1-14-9-21-19(15(2)13-25(3,4)28(21)5)10-16(14)11-20-22(30)27-24(32)29(23(20)31)18-8-6-7-17(26)12-18/h6-12,15H,13H2,1-5H3,(H,27,30,32)/b20-11-. The summed E-state index contributed by atoms with van der Waals surface area (Å²) in [5.41, 5.74) is 3.82. The lowest BCUT2D eigenvalue weighted by Gasteiger charge is -2.45. The van der Waals surface area contributed by atoms with Crippen LogP contribution in [0.4, 0.5) is 20.6 Å². The van der Waals surface area contributed by atoms with Gasteiger partial charge in [0.2, 0.25) is 0 Å². The van der Waals surface area contributed by atoms with E-state index >= 15 is 0 Å². The minimum absolute atomic E-state index is 0.0177. The molecule has 1 atom stereocenters. The molecule has 166 valence electrons. The molecule has 2 heterocycles. The quantitative estimate of drug-likeness (QED) is 0.556. The minimum Gasteiger partial charge on any atom is -0.369 e. The summed E-state index contributed by atoms with van der Waals surface area (Å²) in [6.45, 7) is 8.51. The van der Waals surface area contributed by atoms with Crippen LogP contribution in [0.2, 0.25) is 0 Å². The third-order valence-electron chi connectivity index (χ3n) is 6.49. The molecule has 1 N–H and O–H groups in total. The molecule has 6 nitrogen and oxygen atoms in total. The second kappa shape index (κ2) is 7.58. The number of imide groups is 2. The third kappa shape index (κ3) is 3.57. The first-order chi connectivity index (χ1) is 15.0. The van der Waals surface area contributed by atoms with Crippen LogP contribution in [0, 0.1) is 12.7 Å². The Balaban J connectivity index is 1.78. The van der Waals surface area contributed by atoms with Crippen LogP contribution in [0.25, 0.3) is 6.08 Å². The van der Waals surface area contributed by atoms with Crippen molar-refractivity contribution >= 4 is 35.3 Å². The van der Waals surface area contributed by atoms with Crippen LogP contribution in [0.5, 0.6) is 0 Å². The van der Waals surface area contributed by atoms with E-state index in [0.29, 0.717) is 5.92 Å². The van der Waals surface area contributed by atoms with Gasteiger partial charge >= 0.3 is 6.03 Å². The Bertz CT molecular complexity index is 1180. The molecule has 4 amide bonds. The maximum Gasteiger partial charge on any atom is 0.335 e. The number of anilines is 2. The highest BCUT2D eigenvalue weighted by Gasteiger charge is 2.38. The van der Waals surface area contributed by atoms with Crippen molar-refractivity contribution in [2.24, 2.45) is 0 Å². The predicted molar refractivity (Wildman–Crippen MR) is 122 cm³/mol. The van der Waals surface area contributed by atoms with Crippen molar-refractivity contribution in [2.75, 3.05) is 16.8 Å². The monoisotopic (exact) mass is 435 g/mol. The topological polar surface area (TPSA) is 69.7 Å². The lowest BCUT2D eigenvalue weighted by atomic mass is 9.79. The average Bonchev–Trinajstić information content (AvgIpc) is 2.69. The van der Waals surface area contributed by atoms with Gasteiger partial charge in [0.05, 0.1) is 5.69 Å². The molecule has 32 heavy (non-hydrogen) atoms. The number of nitrogens with one attached hydrogen (secondary N) is 1. The van der Waals surface area contributed by atoms with Crippen molar-refractivity contribution in [3.8, 4) is 0 Å². The molecule has 0 spiro atoms. The molecule has 2 aliphatic rings. The van der Waals surface area contributed by atoms with Gasteiger partial charge in [-0.25, -0.2) is 14.1 Å². The highest BCUT2D eigenvalue weighted by Crippen LogP contribution is 2.43. The summed E-state index contributed by atoms with van der Waals surface area (Å²) in [5, 5.41) is 2.18. The fourth-order valence-electron chi connectivity index (χ4n) is 4.55. The average molecular weight is 435 g/mol. The van der Waals surface area contributed by atoms with Gasteiger partial charge in [0.25, 0.3) is 11.8 Å². The van der Waals surface area contributed by atoms with Gasteiger partial charge in [0.15, 0.2) is 0 Å². The number of carbonyl (C=O) groups excluding carboxylic acids is 3. The molecule has 0 aliphatic carbocycles. The molecule has 4 rings (SSSR count). The first kappa shape index (κ1) is 21.7. The number of hydrogen-bond acceptors (Lipinski definition) is 4. The Kier molecular flexibility index (Phi) is 5.15. The lowest BCUT2D eigenvalue weighted by Crippen LogP contribution is -2.54. The van der Waals surface area contributed by atoms with Crippen LogP contribution in [0.3, 0.4) is 0 Å². The van der Waals surface area contributed by atoms with Gasteiger partial charge in [0.1, 0.15) is 11.4 Å². The molecule has 1 saturated heterocycles. The summed E-state index contributed by atoms with van der Waals surface area (Å²) in [7, 11) is 2.07. The second-order valence-electron chi connectivity index (χ2n) is 9.18. The van der Waals surface area contributed by atoms with Gasteiger partial charge in [-0.2, -0.15) is 0 Å². The SMILES string of the molecule is Cc1cc2c(cc1/C=C1/C(=O)NC(=O)N(c3cccc(F)c3)C1=O)C(C)CC(C)(C)N2C. The summed E-state index contributed by atoms with van der Waals surface area (Å²) >= 11 is 0. The Morgan fingerprint density at radius 2 is 1.88 bits per heavy atom. The number of fused-ring (bicyclic) bond motifs is 1. The highest BCUT2D eigenvalue weighted by atomic mass is 19.1. The number of barbiturate groups is 1. The van der Waals surface area contributed by atoms with E-state index in [1.807, 2.05) is 13.0 Å². The number of urea groups is 1. The summed E-state index contributed by atoms with van der Waals surface area (Å²) in [6, 6.07) is 8.32. The minimum atomic E-state index is -0.901. The summed E-state index contributed by atoms with van der Waals surface area (Å²) < 4.78 is 13.7. The number of halogens is 1. The van der Waals surface area contributed by atoms with Crippen LogP contribution in [0.1, 0.15) is 49.8 Å². The third-order valence-corrected chi connectivity index (χ3v) is 6.49. The zero-order valence-electron chi connectivity index (χ0n) is 18.8. The Labute approximate surface area is 186 Å². The molecular weight excluding hydrogens is 409 g/mol. The number of carbonyl (C=O) groups is 3. The molecule has 1 unspecified atom stereocenters. The maximum atomic E-state index is 13.7. The van der Waals surface area contributed by atoms with Gasteiger partial charge < -0.3 is 4.90 Å². The molecule has 2 aromatic carbocycles. The van der Waals surface area contributed by atoms with Crippen molar-refractivity contribution in [1.82, 2.24) is 5.32 Å². The number of rotatable bonds is 2. The molecule has 2 aromatic rings. The smallest absolute Gasteiger partial charge is 0.335 e. The van der Waals surface area contributed by atoms with Crippen LogP contribution < -0.4 is 15.1 Å². The largest absolute Gasteiger partial charge is 0.369 e. The number of amides is 4. The van der Waals surface area contributed by atoms with E-state index in [1.54, 1.807) is 0 Å². The van der Waals surface area contributed by atoms with Crippen LogP contribution >= 0.6 is 0 Å². The van der Waals surface area contributed by atoms with E-state index in [-0.39, 0.29) is 16.8 Å². The molecule has 0 saturated carbocycles. The number of nitrogens with zero attached hydrogens (tertiary/aromatic N) is 2. The summed E-state index contributed by atoms with van der Waals surface area (Å²) in [6.07, 6.45) is 2.48. The van der Waals surface area contributed by atoms with Crippen molar-refractivity contribution in [3.63, 3.8) is 0 Å². The van der Waals surface area contributed by atoms with E-state index in [0.717, 1.165) is 39.8 Å². The molecular formula is C25H26FN3O3. The summed E-state index contributed by atoms with van der Waals surface area (Å²) in [4.78, 5) is 41.0. The van der Waals surface area contributed by atoms with E-state index in [1.165, 1.54) is 24.3 Å². The highest BCUT2D eigenvalue weighted by molar-refractivity contribution is 6.39. The normalized spacial score (nSPS) is 21.6. The van der Waals surface area contributed by atoms with Crippen LogP contribution in [-0.2, 0) is 9.59 Å². The lowest BCUT2D eigenvalue weighted by molar-refractivity contribution is -0.122. The van der Waals surface area contributed by atoms with E-state index < -0.39 is 23.7 Å². The molecule has 1 fully saturated rings. The molecule has 0 radical (unpaired) electrons. The van der Waals surface area contributed by atoms with Gasteiger partial charge in [-0.1, -0.05) is 13.0 Å². The van der Waals surface area contributed by atoms with Gasteiger partial charge in [-0.15, -0.1) is 0 Å². The molecule has 7 heteroatoms. The number of aryl methyl sites for hydroxylation is 1. The zero-order valence-corrected chi connectivity index (χ0v) is 18.8. The Morgan fingerprint density at radius 3 is 2.56 bits per heavy atom. The van der Waals surface area contributed by atoms with E-state index in [2.05, 4.69) is 44.1 Å². The van der Waals surface area contributed by atoms with Crippen LogP contribution in [0.15, 0.2) is 42.0 Å². The van der Waals surface area contributed by atoms with Gasteiger partial charge in [0, 0.05) is 18.3 Å². The van der Waals surface area contributed by atoms with Crippen molar-refractivity contribution in [3.05, 3.63) is 64.5 Å². The number of hydrogen-bond donors (Lipinski definition) is 1. The predicted octanol–water partition coefficient (Wildman–Crippen LogP) is 4.52. The second-order valence-corrected chi connectivity index (χ2v) is 9.18. The van der Waals surface area contributed by atoms with Gasteiger partial charge in [-0.05, 0) is 86.2 Å². The molecule has 0 aromatic heterocycles.